The van der Waals surface area contributed by atoms with Crippen LogP contribution in [-0.4, -0.2) is 27.2 Å². The Hall–Kier alpha value is -2.47. The van der Waals surface area contributed by atoms with Crippen LogP contribution in [0.5, 0.6) is 17.2 Å². The van der Waals surface area contributed by atoms with Gasteiger partial charge < -0.3 is 19.5 Å². The fourth-order valence-corrected chi connectivity index (χ4v) is 3.36. The van der Waals surface area contributed by atoms with E-state index in [-0.39, 0.29) is 5.91 Å². The summed E-state index contributed by atoms with van der Waals surface area (Å²) in [4.78, 5) is 12.4. The molecule has 0 radical (unpaired) electrons. The number of benzene rings is 2. The SMILES string of the molecule is COc1cc(CNC(=O)/C=C(\C)c2cc(C)c(C)c(Br)c2)cc(OC)c1OC. The van der Waals surface area contributed by atoms with Gasteiger partial charge in [0.15, 0.2) is 11.5 Å². The second kappa shape index (κ2) is 9.64. The van der Waals surface area contributed by atoms with E-state index in [1.54, 1.807) is 27.4 Å². The van der Waals surface area contributed by atoms with E-state index in [1.165, 1.54) is 11.1 Å². The van der Waals surface area contributed by atoms with E-state index in [2.05, 4.69) is 41.2 Å². The molecule has 5 nitrogen and oxygen atoms in total. The maximum absolute atomic E-state index is 12.4. The van der Waals surface area contributed by atoms with Gasteiger partial charge in [-0.3, -0.25) is 4.79 Å². The quantitative estimate of drug-likeness (QED) is 0.618. The van der Waals surface area contributed by atoms with Crippen LogP contribution in [0.2, 0.25) is 0 Å². The predicted molar refractivity (Wildman–Crippen MR) is 115 cm³/mol. The summed E-state index contributed by atoms with van der Waals surface area (Å²) >= 11 is 3.57. The molecular formula is C22H26BrNO4. The Morgan fingerprint density at radius 3 is 2.14 bits per heavy atom. The largest absolute Gasteiger partial charge is 0.493 e. The zero-order valence-electron chi connectivity index (χ0n) is 17.1. The van der Waals surface area contributed by atoms with E-state index in [9.17, 15) is 4.79 Å². The van der Waals surface area contributed by atoms with Crippen molar-refractivity contribution in [1.29, 1.82) is 0 Å². The Morgan fingerprint density at radius 1 is 1.04 bits per heavy atom. The molecule has 0 aliphatic rings. The summed E-state index contributed by atoms with van der Waals surface area (Å²) in [6, 6.07) is 7.75. The zero-order chi connectivity index (χ0) is 20.8. The number of ether oxygens (including phenoxy) is 3. The number of carbonyl (C=O) groups is 1. The van der Waals surface area contributed by atoms with Crippen molar-refractivity contribution in [3.8, 4) is 17.2 Å². The minimum Gasteiger partial charge on any atom is -0.493 e. The molecule has 1 N–H and O–H groups in total. The monoisotopic (exact) mass is 447 g/mol. The summed E-state index contributed by atoms with van der Waals surface area (Å²) in [5.41, 5.74) is 5.13. The van der Waals surface area contributed by atoms with Crippen LogP contribution in [0.15, 0.2) is 34.8 Å². The third-order valence-electron chi connectivity index (χ3n) is 4.60. The molecule has 0 saturated heterocycles. The lowest BCUT2D eigenvalue weighted by Crippen LogP contribution is -2.20. The number of rotatable bonds is 7. The molecule has 150 valence electrons. The van der Waals surface area contributed by atoms with Crippen molar-refractivity contribution in [3.05, 3.63) is 57.1 Å². The van der Waals surface area contributed by atoms with Crippen LogP contribution in [0.3, 0.4) is 0 Å². The summed E-state index contributed by atoms with van der Waals surface area (Å²) in [6.07, 6.45) is 1.61. The Labute approximate surface area is 174 Å². The highest BCUT2D eigenvalue weighted by Gasteiger charge is 2.13. The van der Waals surface area contributed by atoms with Gasteiger partial charge in [0.25, 0.3) is 0 Å². The second-order valence-corrected chi connectivity index (χ2v) is 7.33. The van der Waals surface area contributed by atoms with Crippen LogP contribution in [0.4, 0.5) is 0 Å². The van der Waals surface area contributed by atoms with Crippen LogP contribution < -0.4 is 19.5 Å². The number of carbonyl (C=O) groups excluding carboxylic acids is 1. The number of amides is 1. The first-order valence-electron chi connectivity index (χ1n) is 8.82. The molecule has 2 rings (SSSR count). The summed E-state index contributed by atoms with van der Waals surface area (Å²) < 4.78 is 17.0. The molecule has 0 heterocycles. The van der Waals surface area contributed by atoms with Crippen molar-refractivity contribution in [1.82, 2.24) is 5.32 Å². The third kappa shape index (κ3) is 5.07. The van der Waals surface area contributed by atoms with E-state index in [0.717, 1.165) is 21.2 Å². The van der Waals surface area contributed by atoms with Crippen molar-refractivity contribution in [2.45, 2.75) is 27.3 Å². The van der Waals surface area contributed by atoms with Crippen molar-refractivity contribution in [2.75, 3.05) is 21.3 Å². The average Bonchev–Trinajstić information content (AvgIpc) is 2.68. The van der Waals surface area contributed by atoms with Gasteiger partial charge in [-0.25, -0.2) is 0 Å². The molecule has 2 aromatic carbocycles. The molecule has 28 heavy (non-hydrogen) atoms. The molecule has 0 saturated carbocycles. The maximum Gasteiger partial charge on any atom is 0.244 e. The van der Waals surface area contributed by atoms with Crippen LogP contribution >= 0.6 is 15.9 Å². The molecule has 0 bridgehead atoms. The molecule has 0 spiro atoms. The highest BCUT2D eigenvalue weighted by atomic mass is 79.9. The van der Waals surface area contributed by atoms with Gasteiger partial charge in [-0.05, 0) is 66.8 Å². The van der Waals surface area contributed by atoms with E-state index in [1.807, 2.05) is 25.1 Å². The van der Waals surface area contributed by atoms with Gasteiger partial charge >= 0.3 is 0 Å². The van der Waals surface area contributed by atoms with Gasteiger partial charge in [-0.1, -0.05) is 22.0 Å². The van der Waals surface area contributed by atoms with Crippen molar-refractivity contribution < 1.29 is 19.0 Å². The zero-order valence-corrected chi connectivity index (χ0v) is 18.7. The van der Waals surface area contributed by atoms with Crippen LogP contribution in [0.1, 0.15) is 29.2 Å². The molecule has 2 aromatic rings. The Kier molecular flexibility index (Phi) is 7.52. The first-order chi connectivity index (χ1) is 13.3. The van der Waals surface area contributed by atoms with Crippen molar-refractivity contribution >= 4 is 27.4 Å². The first-order valence-corrected chi connectivity index (χ1v) is 9.62. The van der Waals surface area contributed by atoms with Crippen LogP contribution in [0, 0.1) is 13.8 Å². The number of nitrogens with one attached hydrogen (secondary N) is 1. The number of allylic oxidation sites excluding steroid dienone is 1. The molecule has 1 amide bonds. The van der Waals surface area contributed by atoms with Gasteiger partial charge in [0.05, 0.1) is 21.3 Å². The standard InChI is InChI=1S/C22H26BrNO4/c1-13-7-17(11-18(23)15(13)3)14(2)8-21(25)24-12-16-9-19(26-4)22(28-6)20(10-16)27-5/h7-11H,12H2,1-6H3,(H,24,25)/b14-8+. The molecule has 0 aromatic heterocycles. The number of aryl methyl sites for hydroxylation is 1. The molecule has 0 unspecified atom stereocenters. The van der Waals surface area contributed by atoms with Gasteiger partial charge in [-0.15, -0.1) is 0 Å². The van der Waals surface area contributed by atoms with Gasteiger partial charge in [0, 0.05) is 17.1 Å². The molecular weight excluding hydrogens is 422 g/mol. The smallest absolute Gasteiger partial charge is 0.244 e. The van der Waals surface area contributed by atoms with Gasteiger partial charge in [-0.2, -0.15) is 0 Å². The molecule has 0 fully saturated rings. The maximum atomic E-state index is 12.4. The first kappa shape index (κ1) is 21.8. The second-order valence-electron chi connectivity index (χ2n) is 6.48. The van der Waals surface area contributed by atoms with Crippen LogP contribution in [-0.2, 0) is 11.3 Å². The van der Waals surface area contributed by atoms with Crippen molar-refractivity contribution in [3.63, 3.8) is 0 Å². The number of hydrogen-bond acceptors (Lipinski definition) is 4. The highest BCUT2D eigenvalue weighted by Crippen LogP contribution is 2.38. The topological polar surface area (TPSA) is 56.8 Å². The Balaban J connectivity index is 2.15. The number of halogens is 1. The van der Waals surface area contributed by atoms with Gasteiger partial charge in [0.1, 0.15) is 0 Å². The lowest BCUT2D eigenvalue weighted by Gasteiger charge is -2.14. The lowest BCUT2D eigenvalue weighted by molar-refractivity contribution is -0.116. The van der Waals surface area contributed by atoms with Crippen LogP contribution in [0.25, 0.3) is 5.57 Å². The fraction of sp³-hybridized carbons (Fsp3) is 0.318. The molecule has 0 atom stereocenters. The fourth-order valence-electron chi connectivity index (χ4n) is 2.80. The summed E-state index contributed by atoms with van der Waals surface area (Å²) in [7, 11) is 4.68. The normalized spacial score (nSPS) is 11.2. The van der Waals surface area contributed by atoms with E-state index < -0.39 is 0 Å². The minimum absolute atomic E-state index is 0.166. The Bertz CT molecular complexity index is 857. The van der Waals surface area contributed by atoms with Crippen molar-refractivity contribution in [2.24, 2.45) is 0 Å². The molecule has 0 aliphatic carbocycles. The predicted octanol–water partition coefficient (Wildman–Crippen LogP) is 4.81. The Morgan fingerprint density at radius 2 is 1.64 bits per heavy atom. The molecule has 0 aliphatic heterocycles. The van der Waals surface area contributed by atoms with E-state index in [4.69, 9.17) is 14.2 Å². The number of hydrogen-bond donors (Lipinski definition) is 1. The third-order valence-corrected chi connectivity index (χ3v) is 5.42. The summed E-state index contributed by atoms with van der Waals surface area (Å²) in [6.45, 7) is 6.39. The van der Waals surface area contributed by atoms with Gasteiger partial charge in [0.2, 0.25) is 11.7 Å². The van der Waals surface area contributed by atoms with E-state index in [0.29, 0.717) is 23.8 Å². The number of methoxy groups -OCH3 is 3. The lowest BCUT2D eigenvalue weighted by atomic mass is 10.0. The molecule has 6 heteroatoms. The highest BCUT2D eigenvalue weighted by molar-refractivity contribution is 9.10. The summed E-state index contributed by atoms with van der Waals surface area (Å²) in [5.74, 6) is 1.47. The minimum atomic E-state index is -0.166. The van der Waals surface area contributed by atoms with E-state index >= 15 is 0 Å². The summed E-state index contributed by atoms with van der Waals surface area (Å²) in [5, 5.41) is 2.90. The average molecular weight is 448 g/mol.